The first kappa shape index (κ1) is 12.6. The van der Waals surface area contributed by atoms with Gasteiger partial charge in [0.25, 0.3) is 5.91 Å². The molecule has 102 valence electrons. The van der Waals surface area contributed by atoms with Crippen LogP contribution in [0.15, 0.2) is 24.3 Å². The molecule has 0 bridgehead atoms. The molecule has 3 N–H and O–H groups in total. The summed E-state index contributed by atoms with van der Waals surface area (Å²) in [7, 11) is 0. The number of halogens is 1. The Hall–Kier alpha value is -1.46. The Morgan fingerprint density at radius 1 is 1.37 bits per heavy atom. The molecule has 1 saturated heterocycles. The minimum Gasteiger partial charge on any atom is -0.349 e. The smallest absolute Gasteiger partial charge is 0.251 e. The third-order valence-electron chi connectivity index (χ3n) is 4.07. The lowest BCUT2D eigenvalue weighted by Gasteiger charge is -2.31. The van der Waals surface area contributed by atoms with Gasteiger partial charge in [-0.3, -0.25) is 15.6 Å². The van der Waals surface area contributed by atoms with Crippen LogP contribution in [0.2, 0.25) is 0 Å². The molecule has 0 radical (unpaired) electrons. The number of hydrazine groups is 1. The van der Waals surface area contributed by atoms with Gasteiger partial charge in [0.05, 0.1) is 0 Å². The summed E-state index contributed by atoms with van der Waals surface area (Å²) in [4.78, 5) is 12.0. The largest absolute Gasteiger partial charge is 0.349 e. The number of carbonyl (C=O) groups is 1. The maximum absolute atomic E-state index is 13.1. The van der Waals surface area contributed by atoms with Crippen molar-refractivity contribution in [2.24, 2.45) is 5.92 Å². The van der Waals surface area contributed by atoms with Gasteiger partial charge in [-0.1, -0.05) is 6.07 Å². The zero-order valence-corrected chi connectivity index (χ0v) is 10.7. The van der Waals surface area contributed by atoms with Crippen LogP contribution in [0.25, 0.3) is 0 Å². The lowest BCUT2D eigenvalue weighted by atomic mass is 9.83. The number of hydrogen-bond acceptors (Lipinski definition) is 3. The third-order valence-corrected chi connectivity index (χ3v) is 4.07. The number of hydrogen-bond donors (Lipinski definition) is 3. The standard InChI is InChI=1S/C14H18FN3O/c15-11-3-1-2-9(6-11)14(19)17-12-5-4-10-8-16-18-13(10)7-12/h1-3,6,10,12-13,16,18H,4-5,7-8H2,(H,17,19). The maximum Gasteiger partial charge on any atom is 0.251 e. The molecule has 5 heteroatoms. The summed E-state index contributed by atoms with van der Waals surface area (Å²) >= 11 is 0. The van der Waals surface area contributed by atoms with E-state index in [1.807, 2.05) is 0 Å². The van der Waals surface area contributed by atoms with Crippen LogP contribution in [-0.4, -0.2) is 24.5 Å². The number of carbonyl (C=O) groups excluding carboxylic acids is 1. The Morgan fingerprint density at radius 2 is 2.26 bits per heavy atom. The Balaban J connectivity index is 1.61. The molecule has 0 aromatic heterocycles. The Morgan fingerprint density at radius 3 is 3.11 bits per heavy atom. The van der Waals surface area contributed by atoms with E-state index in [4.69, 9.17) is 0 Å². The molecule has 3 unspecified atom stereocenters. The van der Waals surface area contributed by atoms with Gasteiger partial charge in [-0.2, -0.15) is 0 Å². The number of nitrogens with one attached hydrogen (secondary N) is 3. The molecular formula is C14H18FN3O. The van der Waals surface area contributed by atoms with Gasteiger partial charge in [0.2, 0.25) is 0 Å². The van der Waals surface area contributed by atoms with E-state index < -0.39 is 0 Å². The first-order valence-electron chi connectivity index (χ1n) is 6.77. The zero-order chi connectivity index (χ0) is 13.2. The highest BCUT2D eigenvalue weighted by Gasteiger charge is 2.34. The van der Waals surface area contributed by atoms with E-state index in [2.05, 4.69) is 16.2 Å². The first-order chi connectivity index (χ1) is 9.22. The zero-order valence-electron chi connectivity index (χ0n) is 10.7. The van der Waals surface area contributed by atoms with Crippen molar-refractivity contribution in [3.05, 3.63) is 35.6 Å². The lowest BCUT2D eigenvalue weighted by Crippen LogP contribution is -2.45. The number of benzene rings is 1. The minimum atomic E-state index is -0.377. The van der Waals surface area contributed by atoms with Crippen LogP contribution in [0.4, 0.5) is 4.39 Å². The molecule has 4 nitrogen and oxygen atoms in total. The third kappa shape index (κ3) is 2.77. The van der Waals surface area contributed by atoms with Crippen molar-refractivity contribution in [3.8, 4) is 0 Å². The number of fused-ring (bicyclic) bond motifs is 1. The fraction of sp³-hybridized carbons (Fsp3) is 0.500. The molecule has 1 aliphatic carbocycles. The highest BCUT2D eigenvalue weighted by atomic mass is 19.1. The van der Waals surface area contributed by atoms with Crippen molar-refractivity contribution in [1.82, 2.24) is 16.2 Å². The van der Waals surface area contributed by atoms with Crippen molar-refractivity contribution in [2.45, 2.75) is 31.3 Å². The fourth-order valence-corrected chi connectivity index (χ4v) is 3.01. The monoisotopic (exact) mass is 263 g/mol. The summed E-state index contributed by atoms with van der Waals surface area (Å²) in [6.45, 7) is 1.01. The topological polar surface area (TPSA) is 53.2 Å². The van der Waals surface area contributed by atoms with Crippen LogP contribution < -0.4 is 16.2 Å². The predicted molar refractivity (Wildman–Crippen MR) is 69.9 cm³/mol. The SMILES string of the molecule is O=C(NC1CCC2CNNC2C1)c1cccc(F)c1. The quantitative estimate of drug-likeness (QED) is 0.751. The summed E-state index contributed by atoms with van der Waals surface area (Å²) in [5.74, 6) is 0.106. The van der Waals surface area contributed by atoms with E-state index in [0.29, 0.717) is 17.5 Å². The van der Waals surface area contributed by atoms with Crippen LogP contribution in [0.5, 0.6) is 0 Å². The van der Waals surface area contributed by atoms with Crippen LogP contribution in [0, 0.1) is 11.7 Å². The van der Waals surface area contributed by atoms with Crippen LogP contribution in [0.1, 0.15) is 29.6 Å². The van der Waals surface area contributed by atoms with Crippen LogP contribution >= 0.6 is 0 Å². The molecule has 3 rings (SSSR count). The second kappa shape index (κ2) is 5.27. The van der Waals surface area contributed by atoms with Crippen LogP contribution in [0.3, 0.4) is 0 Å². The lowest BCUT2D eigenvalue weighted by molar-refractivity contribution is 0.0918. The van der Waals surface area contributed by atoms with Gasteiger partial charge in [-0.05, 0) is 43.4 Å². The summed E-state index contributed by atoms with van der Waals surface area (Å²) in [6, 6.07) is 6.42. The summed E-state index contributed by atoms with van der Waals surface area (Å²) in [5, 5.41) is 3.00. The second-order valence-corrected chi connectivity index (χ2v) is 5.39. The van der Waals surface area contributed by atoms with Gasteiger partial charge in [0.15, 0.2) is 0 Å². The Bertz CT molecular complexity index is 480. The minimum absolute atomic E-state index is 0.171. The molecule has 2 aliphatic rings. The van der Waals surface area contributed by atoms with Gasteiger partial charge in [0.1, 0.15) is 5.82 Å². The van der Waals surface area contributed by atoms with E-state index in [9.17, 15) is 9.18 Å². The van der Waals surface area contributed by atoms with E-state index in [0.717, 1.165) is 25.8 Å². The maximum atomic E-state index is 13.1. The molecule has 1 aromatic carbocycles. The predicted octanol–water partition coefficient (Wildman–Crippen LogP) is 1.20. The van der Waals surface area contributed by atoms with Gasteiger partial charge in [0, 0.05) is 24.2 Å². The second-order valence-electron chi connectivity index (χ2n) is 5.39. The van der Waals surface area contributed by atoms with Crippen LogP contribution in [-0.2, 0) is 0 Å². The van der Waals surface area contributed by atoms with Gasteiger partial charge >= 0.3 is 0 Å². The van der Waals surface area contributed by atoms with E-state index in [-0.39, 0.29) is 17.8 Å². The number of amides is 1. The summed E-state index contributed by atoms with van der Waals surface area (Å²) < 4.78 is 13.1. The Kier molecular flexibility index (Phi) is 3.48. The van der Waals surface area contributed by atoms with Gasteiger partial charge in [-0.15, -0.1) is 0 Å². The molecule has 1 heterocycles. The molecular weight excluding hydrogens is 245 g/mol. The molecule has 1 aromatic rings. The van der Waals surface area contributed by atoms with Crippen molar-refractivity contribution in [2.75, 3.05) is 6.54 Å². The molecule has 1 aliphatic heterocycles. The van der Waals surface area contributed by atoms with Crippen molar-refractivity contribution in [1.29, 1.82) is 0 Å². The molecule has 1 saturated carbocycles. The Labute approximate surface area is 111 Å². The molecule has 0 spiro atoms. The fourth-order valence-electron chi connectivity index (χ4n) is 3.01. The average Bonchev–Trinajstić information content (AvgIpc) is 2.86. The van der Waals surface area contributed by atoms with E-state index in [1.54, 1.807) is 12.1 Å². The van der Waals surface area contributed by atoms with Crippen molar-refractivity contribution >= 4 is 5.91 Å². The summed E-state index contributed by atoms with van der Waals surface area (Å²) in [6.07, 6.45) is 3.03. The average molecular weight is 263 g/mol. The molecule has 19 heavy (non-hydrogen) atoms. The van der Waals surface area contributed by atoms with E-state index in [1.165, 1.54) is 12.1 Å². The highest BCUT2D eigenvalue weighted by Crippen LogP contribution is 2.26. The van der Waals surface area contributed by atoms with Crippen molar-refractivity contribution in [3.63, 3.8) is 0 Å². The summed E-state index contributed by atoms with van der Waals surface area (Å²) in [5.41, 5.74) is 6.80. The number of rotatable bonds is 2. The first-order valence-corrected chi connectivity index (χ1v) is 6.77. The van der Waals surface area contributed by atoms with Gasteiger partial charge < -0.3 is 5.32 Å². The molecule has 1 amide bonds. The normalized spacial score (nSPS) is 29.8. The van der Waals surface area contributed by atoms with Crippen molar-refractivity contribution < 1.29 is 9.18 Å². The highest BCUT2D eigenvalue weighted by molar-refractivity contribution is 5.94. The molecule has 3 atom stereocenters. The molecule has 2 fully saturated rings. The van der Waals surface area contributed by atoms with Gasteiger partial charge in [-0.25, -0.2) is 4.39 Å². The van der Waals surface area contributed by atoms with E-state index >= 15 is 0 Å².